The van der Waals surface area contributed by atoms with Gasteiger partial charge in [0.1, 0.15) is 11.6 Å². The first-order valence-electron chi connectivity index (χ1n) is 8.53. The standard InChI is InChI=1S/C18H21F2NO4/c19-11-3-4-13(16(20)8-11)14-9-15(14)18(24)21(6-5-17(22)23)10-12-2-1-7-25-12/h3-4,8,12,14-15H,1-2,5-7,9-10H2,(H,22,23)/t12-,14+,15-/m0/s1. The molecular weight excluding hydrogens is 332 g/mol. The van der Waals surface area contributed by atoms with Crippen molar-refractivity contribution in [3.05, 3.63) is 35.4 Å². The third kappa shape index (κ3) is 4.34. The van der Waals surface area contributed by atoms with Gasteiger partial charge in [-0.3, -0.25) is 9.59 Å². The van der Waals surface area contributed by atoms with E-state index in [9.17, 15) is 18.4 Å². The SMILES string of the molecule is O=C(O)CCN(C[C@@H]1CCCO1)C(=O)[C@H]1C[C@@H]1c1ccc(F)cc1F. The van der Waals surface area contributed by atoms with Crippen LogP contribution >= 0.6 is 0 Å². The summed E-state index contributed by atoms with van der Waals surface area (Å²) in [6.45, 7) is 1.13. The molecule has 0 spiro atoms. The summed E-state index contributed by atoms with van der Waals surface area (Å²) in [6, 6.07) is 3.39. The van der Waals surface area contributed by atoms with Gasteiger partial charge in [0.05, 0.1) is 12.5 Å². The molecule has 1 aliphatic heterocycles. The van der Waals surface area contributed by atoms with Gasteiger partial charge in [-0.25, -0.2) is 8.78 Å². The molecule has 25 heavy (non-hydrogen) atoms. The van der Waals surface area contributed by atoms with Gasteiger partial charge in [0.15, 0.2) is 0 Å². The number of carbonyl (C=O) groups excluding carboxylic acids is 1. The van der Waals surface area contributed by atoms with Crippen LogP contribution < -0.4 is 0 Å². The molecule has 0 radical (unpaired) electrons. The Kier molecular flexibility index (Phi) is 5.32. The molecule has 2 aliphatic rings. The number of ether oxygens (including phenoxy) is 1. The zero-order chi connectivity index (χ0) is 18.0. The molecule has 3 atom stereocenters. The van der Waals surface area contributed by atoms with Crippen LogP contribution in [0.3, 0.4) is 0 Å². The Morgan fingerprint density at radius 2 is 2.12 bits per heavy atom. The van der Waals surface area contributed by atoms with Gasteiger partial charge in [-0.15, -0.1) is 0 Å². The number of halogens is 2. The fourth-order valence-electron chi connectivity index (χ4n) is 3.40. The van der Waals surface area contributed by atoms with Crippen molar-refractivity contribution < 1.29 is 28.2 Å². The average molecular weight is 353 g/mol. The summed E-state index contributed by atoms with van der Waals surface area (Å²) >= 11 is 0. The number of benzene rings is 1. The quantitative estimate of drug-likeness (QED) is 0.818. The third-order valence-electron chi connectivity index (χ3n) is 4.82. The van der Waals surface area contributed by atoms with E-state index in [2.05, 4.69) is 0 Å². The number of hydrogen-bond donors (Lipinski definition) is 1. The Balaban J connectivity index is 1.66. The predicted molar refractivity (Wildman–Crippen MR) is 85.0 cm³/mol. The Labute approximate surface area is 144 Å². The lowest BCUT2D eigenvalue weighted by Gasteiger charge is -2.25. The van der Waals surface area contributed by atoms with Gasteiger partial charge in [-0.05, 0) is 36.8 Å². The molecule has 3 rings (SSSR count). The van der Waals surface area contributed by atoms with Crippen LogP contribution in [-0.4, -0.2) is 47.7 Å². The first kappa shape index (κ1) is 17.8. The second kappa shape index (κ2) is 7.47. The summed E-state index contributed by atoms with van der Waals surface area (Å²) in [5.41, 5.74) is 0.343. The maximum Gasteiger partial charge on any atom is 0.305 e. The van der Waals surface area contributed by atoms with Gasteiger partial charge in [0.25, 0.3) is 0 Å². The Morgan fingerprint density at radius 3 is 2.76 bits per heavy atom. The molecule has 1 saturated heterocycles. The van der Waals surface area contributed by atoms with E-state index in [4.69, 9.17) is 9.84 Å². The van der Waals surface area contributed by atoms with Crippen LogP contribution in [0.25, 0.3) is 0 Å². The van der Waals surface area contributed by atoms with E-state index in [1.165, 1.54) is 17.0 Å². The van der Waals surface area contributed by atoms with Crippen LogP contribution in [0.15, 0.2) is 18.2 Å². The molecule has 7 heteroatoms. The summed E-state index contributed by atoms with van der Waals surface area (Å²) in [5, 5.41) is 8.90. The average Bonchev–Trinajstić information content (AvgIpc) is 3.17. The largest absolute Gasteiger partial charge is 0.481 e. The second-order valence-electron chi connectivity index (χ2n) is 6.68. The fourth-order valence-corrected chi connectivity index (χ4v) is 3.40. The van der Waals surface area contributed by atoms with Gasteiger partial charge in [-0.1, -0.05) is 6.07 Å². The molecule has 0 bridgehead atoms. The lowest BCUT2D eigenvalue weighted by atomic mass is 10.1. The minimum Gasteiger partial charge on any atom is -0.481 e. The molecule has 1 heterocycles. The number of carboxylic acid groups (broad SMARTS) is 1. The van der Waals surface area contributed by atoms with Crippen molar-refractivity contribution in [3.8, 4) is 0 Å². The lowest BCUT2D eigenvalue weighted by Crippen LogP contribution is -2.39. The number of carboxylic acids is 1. The van der Waals surface area contributed by atoms with Gasteiger partial charge >= 0.3 is 5.97 Å². The van der Waals surface area contributed by atoms with Crippen LogP contribution in [0.5, 0.6) is 0 Å². The Morgan fingerprint density at radius 1 is 1.32 bits per heavy atom. The summed E-state index contributed by atoms with van der Waals surface area (Å²) in [6.07, 6.45) is 2.06. The highest BCUT2D eigenvalue weighted by Crippen LogP contribution is 2.49. The van der Waals surface area contributed by atoms with Crippen LogP contribution in [0, 0.1) is 17.6 Å². The predicted octanol–water partition coefficient (Wildman–Crippen LogP) is 2.55. The molecule has 1 saturated carbocycles. The van der Waals surface area contributed by atoms with Crippen molar-refractivity contribution in [1.82, 2.24) is 4.90 Å². The van der Waals surface area contributed by atoms with E-state index in [-0.39, 0.29) is 36.8 Å². The molecular formula is C18H21F2NO4. The van der Waals surface area contributed by atoms with E-state index in [1.54, 1.807) is 0 Å². The number of amides is 1. The topological polar surface area (TPSA) is 66.8 Å². The van der Waals surface area contributed by atoms with E-state index < -0.39 is 17.6 Å². The van der Waals surface area contributed by atoms with Gasteiger partial charge in [-0.2, -0.15) is 0 Å². The lowest BCUT2D eigenvalue weighted by molar-refractivity contribution is -0.139. The molecule has 1 amide bonds. The van der Waals surface area contributed by atoms with Gasteiger partial charge in [0, 0.05) is 31.7 Å². The molecule has 1 N–H and O–H groups in total. The summed E-state index contributed by atoms with van der Waals surface area (Å²) in [5.74, 6) is -3.09. The Bertz CT molecular complexity index is 660. The highest BCUT2D eigenvalue weighted by Gasteiger charge is 2.47. The van der Waals surface area contributed by atoms with E-state index in [1.807, 2.05) is 0 Å². The molecule has 136 valence electrons. The third-order valence-corrected chi connectivity index (χ3v) is 4.82. The van der Waals surface area contributed by atoms with Crippen molar-refractivity contribution in [1.29, 1.82) is 0 Å². The van der Waals surface area contributed by atoms with E-state index in [0.29, 0.717) is 25.1 Å². The first-order chi connectivity index (χ1) is 12.0. The smallest absolute Gasteiger partial charge is 0.305 e. The van der Waals surface area contributed by atoms with Crippen molar-refractivity contribution in [3.63, 3.8) is 0 Å². The number of carbonyl (C=O) groups is 2. The maximum atomic E-state index is 13.9. The number of nitrogens with zero attached hydrogens (tertiary/aromatic N) is 1. The summed E-state index contributed by atoms with van der Waals surface area (Å²) < 4.78 is 32.5. The van der Waals surface area contributed by atoms with Crippen LogP contribution in [0.1, 0.15) is 37.2 Å². The number of hydrogen-bond acceptors (Lipinski definition) is 3. The fraction of sp³-hybridized carbons (Fsp3) is 0.556. The van der Waals surface area contributed by atoms with Crippen LogP contribution in [0.2, 0.25) is 0 Å². The number of aliphatic carboxylic acids is 1. The molecule has 1 aromatic rings. The van der Waals surface area contributed by atoms with Gasteiger partial charge < -0.3 is 14.7 Å². The van der Waals surface area contributed by atoms with Crippen molar-refractivity contribution in [2.45, 2.75) is 37.7 Å². The van der Waals surface area contributed by atoms with E-state index in [0.717, 1.165) is 18.9 Å². The molecule has 2 fully saturated rings. The second-order valence-corrected chi connectivity index (χ2v) is 6.68. The molecule has 5 nitrogen and oxygen atoms in total. The molecule has 1 aliphatic carbocycles. The Hall–Kier alpha value is -2.02. The van der Waals surface area contributed by atoms with Gasteiger partial charge in [0.2, 0.25) is 5.91 Å². The minimum atomic E-state index is -0.970. The summed E-state index contributed by atoms with van der Waals surface area (Å²) in [7, 11) is 0. The van der Waals surface area contributed by atoms with Crippen LogP contribution in [0.4, 0.5) is 8.78 Å². The van der Waals surface area contributed by atoms with Crippen molar-refractivity contribution in [2.24, 2.45) is 5.92 Å². The van der Waals surface area contributed by atoms with Crippen molar-refractivity contribution in [2.75, 3.05) is 19.7 Å². The maximum absolute atomic E-state index is 13.9. The monoisotopic (exact) mass is 353 g/mol. The number of rotatable bonds is 7. The zero-order valence-electron chi connectivity index (χ0n) is 13.8. The molecule has 1 aromatic carbocycles. The normalized spacial score (nSPS) is 25.0. The van der Waals surface area contributed by atoms with E-state index >= 15 is 0 Å². The first-order valence-corrected chi connectivity index (χ1v) is 8.53. The zero-order valence-corrected chi connectivity index (χ0v) is 13.8. The highest BCUT2D eigenvalue weighted by molar-refractivity contribution is 5.83. The van der Waals surface area contributed by atoms with Crippen LogP contribution in [-0.2, 0) is 14.3 Å². The minimum absolute atomic E-state index is 0.0718. The molecule has 0 unspecified atom stereocenters. The highest BCUT2D eigenvalue weighted by atomic mass is 19.1. The summed E-state index contributed by atoms with van der Waals surface area (Å²) in [4.78, 5) is 25.1. The molecule has 0 aromatic heterocycles. The van der Waals surface area contributed by atoms with Crippen molar-refractivity contribution >= 4 is 11.9 Å².